The normalized spacial score (nSPS) is 12.9. The lowest BCUT2D eigenvalue weighted by molar-refractivity contribution is 0.712. The van der Waals surface area contributed by atoms with Gasteiger partial charge in [0.05, 0.1) is 0 Å². The molecular weight excluding hydrogens is 174 g/mol. The number of hydrogen-bond acceptors (Lipinski definition) is 5. The molecule has 0 saturated carbocycles. The van der Waals surface area contributed by atoms with E-state index in [0.29, 0.717) is 5.25 Å². The fourth-order valence-electron chi connectivity index (χ4n) is 0.698. The molecule has 12 heavy (non-hydrogen) atoms. The van der Waals surface area contributed by atoms with Crippen LogP contribution in [0.25, 0.3) is 0 Å². The first-order valence-corrected chi connectivity index (χ1v) is 5.02. The van der Waals surface area contributed by atoms with E-state index in [1.54, 1.807) is 4.68 Å². The van der Waals surface area contributed by atoms with E-state index in [4.69, 9.17) is 0 Å². The Hall–Kier alpha value is -0.780. The molecule has 1 unspecified atom stereocenters. The van der Waals surface area contributed by atoms with Gasteiger partial charge in [-0.25, -0.2) is 4.68 Å². The van der Waals surface area contributed by atoms with Crippen LogP contribution in [0.1, 0.15) is 6.92 Å². The molecule has 1 atom stereocenters. The zero-order chi connectivity index (χ0) is 8.97. The number of aryl methyl sites for hydroxylation is 1. The standard InChI is InChI=1S/C6H13N5S/c1-5(12-3)4-7-6-8-9-10-11(6)2/h5H,4H2,1-3H3,(H,7,8,10). The second-order valence-electron chi connectivity index (χ2n) is 2.55. The van der Waals surface area contributed by atoms with Gasteiger partial charge in [0, 0.05) is 18.8 Å². The lowest BCUT2D eigenvalue weighted by atomic mass is 10.5. The molecule has 0 aliphatic carbocycles. The van der Waals surface area contributed by atoms with E-state index in [0.717, 1.165) is 12.5 Å². The minimum atomic E-state index is 0.571. The molecule has 1 heterocycles. The van der Waals surface area contributed by atoms with Crippen molar-refractivity contribution in [2.75, 3.05) is 18.1 Å². The van der Waals surface area contributed by atoms with E-state index in [2.05, 4.69) is 34.0 Å². The lowest BCUT2D eigenvalue weighted by Gasteiger charge is -2.08. The zero-order valence-corrected chi connectivity index (χ0v) is 8.30. The van der Waals surface area contributed by atoms with Gasteiger partial charge in [-0.05, 0) is 16.7 Å². The molecule has 0 radical (unpaired) electrons. The summed E-state index contributed by atoms with van der Waals surface area (Å²) >= 11 is 1.81. The van der Waals surface area contributed by atoms with E-state index in [1.807, 2.05) is 18.8 Å². The number of nitrogens with zero attached hydrogens (tertiary/aromatic N) is 4. The van der Waals surface area contributed by atoms with Crippen molar-refractivity contribution < 1.29 is 0 Å². The summed E-state index contributed by atoms with van der Waals surface area (Å²) in [7, 11) is 1.81. The Morgan fingerprint density at radius 1 is 1.67 bits per heavy atom. The summed E-state index contributed by atoms with van der Waals surface area (Å²) in [6.45, 7) is 3.04. The fraction of sp³-hybridized carbons (Fsp3) is 0.833. The largest absolute Gasteiger partial charge is 0.352 e. The van der Waals surface area contributed by atoms with E-state index in [-0.39, 0.29) is 0 Å². The van der Waals surface area contributed by atoms with Crippen LogP contribution in [0.15, 0.2) is 0 Å². The van der Waals surface area contributed by atoms with Gasteiger partial charge in [-0.1, -0.05) is 12.0 Å². The number of rotatable bonds is 4. The Bertz CT molecular complexity index is 236. The molecule has 0 aromatic carbocycles. The van der Waals surface area contributed by atoms with Crippen molar-refractivity contribution in [2.45, 2.75) is 12.2 Å². The van der Waals surface area contributed by atoms with Crippen molar-refractivity contribution in [3.05, 3.63) is 0 Å². The quantitative estimate of drug-likeness (QED) is 0.738. The van der Waals surface area contributed by atoms with Crippen LogP contribution in [0.2, 0.25) is 0 Å². The Labute approximate surface area is 75.9 Å². The minimum absolute atomic E-state index is 0.571. The third-order valence-electron chi connectivity index (χ3n) is 1.57. The molecule has 68 valence electrons. The summed E-state index contributed by atoms with van der Waals surface area (Å²) < 4.78 is 1.62. The Morgan fingerprint density at radius 3 is 2.92 bits per heavy atom. The second kappa shape index (κ2) is 4.30. The number of anilines is 1. The number of aromatic nitrogens is 4. The van der Waals surface area contributed by atoms with Crippen LogP contribution in [-0.2, 0) is 7.05 Å². The molecule has 1 N–H and O–H groups in total. The highest BCUT2D eigenvalue weighted by Gasteiger charge is 2.02. The van der Waals surface area contributed by atoms with Crippen LogP contribution in [0.3, 0.4) is 0 Å². The van der Waals surface area contributed by atoms with Gasteiger partial charge in [0.25, 0.3) is 0 Å². The van der Waals surface area contributed by atoms with Gasteiger partial charge in [0.1, 0.15) is 0 Å². The Kier molecular flexibility index (Phi) is 3.33. The summed E-state index contributed by atoms with van der Waals surface area (Å²) in [6, 6.07) is 0. The van der Waals surface area contributed by atoms with Crippen LogP contribution < -0.4 is 5.32 Å². The van der Waals surface area contributed by atoms with Gasteiger partial charge in [-0.2, -0.15) is 11.8 Å². The highest BCUT2D eigenvalue weighted by molar-refractivity contribution is 7.99. The molecule has 1 rings (SSSR count). The van der Waals surface area contributed by atoms with Gasteiger partial charge >= 0.3 is 0 Å². The van der Waals surface area contributed by atoms with Crippen molar-refractivity contribution in [1.82, 2.24) is 20.2 Å². The Balaban J connectivity index is 2.38. The Morgan fingerprint density at radius 2 is 2.42 bits per heavy atom. The highest BCUT2D eigenvalue weighted by Crippen LogP contribution is 2.05. The van der Waals surface area contributed by atoms with Crippen LogP contribution in [0.4, 0.5) is 5.95 Å². The monoisotopic (exact) mass is 187 g/mol. The summed E-state index contributed by atoms with van der Waals surface area (Å²) in [5.74, 6) is 0.718. The van der Waals surface area contributed by atoms with Gasteiger partial charge in [-0.15, -0.1) is 0 Å². The topological polar surface area (TPSA) is 55.6 Å². The van der Waals surface area contributed by atoms with Gasteiger partial charge < -0.3 is 5.32 Å². The fourth-order valence-corrected chi connectivity index (χ4v) is 0.948. The maximum atomic E-state index is 3.80. The van der Waals surface area contributed by atoms with Crippen LogP contribution >= 0.6 is 11.8 Å². The van der Waals surface area contributed by atoms with Crippen molar-refractivity contribution in [2.24, 2.45) is 7.05 Å². The molecule has 5 nitrogen and oxygen atoms in total. The third-order valence-corrected chi connectivity index (χ3v) is 2.54. The van der Waals surface area contributed by atoms with Crippen molar-refractivity contribution in [3.63, 3.8) is 0 Å². The summed E-state index contributed by atoms with van der Waals surface area (Å²) in [5.41, 5.74) is 0. The zero-order valence-electron chi connectivity index (χ0n) is 7.48. The maximum absolute atomic E-state index is 3.80. The smallest absolute Gasteiger partial charge is 0.242 e. The van der Waals surface area contributed by atoms with Crippen molar-refractivity contribution >= 4 is 17.7 Å². The molecule has 0 aliphatic heterocycles. The molecule has 1 aromatic rings. The van der Waals surface area contributed by atoms with Crippen molar-refractivity contribution in [1.29, 1.82) is 0 Å². The van der Waals surface area contributed by atoms with E-state index < -0.39 is 0 Å². The SMILES string of the molecule is CSC(C)CNc1nnnn1C. The molecule has 0 amide bonds. The maximum Gasteiger partial charge on any atom is 0.242 e. The van der Waals surface area contributed by atoms with E-state index in [1.165, 1.54) is 0 Å². The first kappa shape index (κ1) is 9.31. The second-order valence-corrected chi connectivity index (χ2v) is 3.83. The summed E-state index contributed by atoms with van der Waals surface area (Å²) in [4.78, 5) is 0. The lowest BCUT2D eigenvalue weighted by Crippen LogP contribution is -2.15. The molecule has 1 aromatic heterocycles. The van der Waals surface area contributed by atoms with Crippen LogP contribution in [-0.4, -0.2) is 38.3 Å². The van der Waals surface area contributed by atoms with Crippen molar-refractivity contribution in [3.8, 4) is 0 Å². The molecular formula is C6H13N5S. The first-order chi connectivity index (χ1) is 5.74. The number of thioether (sulfide) groups is 1. The average Bonchev–Trinajstić information content (AvgIpc) is 2.47. The third kappa shape index (κ3) is 2.37. The first-order valence-electron chi connectivity index (χ1n) is 3.73. The predicted molar refractivity (Wildman–Crippen MR) is 50.3 cm³/mol. The van der Waals surface area contributed by atoms with Crippen LogP contribution in [0, 0.1) is 0 Å². The average molecular weight is 187 g/mol. The number of nitrogens with one attached hydrogen (secondary N) is 1. The summed E-state index contributed by atoms with van der Waals surface area (Å²) in [6.07, 6.45) is 2.08. The predicted octanol–water partition coefficient (Wildman–Crippen LogP) is 0.373. The molecule has 6 heteroatoms. The summed E-state index contributed by atoms with van der Waals surface area (Å²) in [5, 5.41) is 14.7. The van der Waals surface area contributed by atoms with E-state index in [9.17, 15) is 0 Å². The van der Waals surface area contributed by atoms with Gasteiger partial charge in [-0.3, -0.25) is 0 Å². The molecule has 0 fully saturated rings. The van der Waals surface area contributed by atoms with Gasteiger partial charge in [0.15, 0.2) is 0 Å². The van der Waals surface area contributed by atoms with Crippen LogP contribution in [0.5, 0.6) is 0 Å². The van der Waals surface area contributed by atoms with Gasteiger partial charge in [0.2, 0.25) is 5.95 Å². The minimum Gasteiger partial charge on any atom is -0.352 e. The van der Waals surface area contributed by atoms with E-state index >= 15 is 0 Å². The molecule has 0 spiro atoms. The molecule has 0 aliphatic rings. The highest BCUT2D eigenvalue weighted by atomic mass is 32.2. The number of tetrazole rings is 1. The molecule has 0 saturated heterocycles. The number of hydrogen-bond donors (Lipinski definition) is 1. The molecule has 0 bridgehead atoms.